The Morgan fingerprint density at radius 3 is 2.76 bits per heavy atom. The van der Waals surface area contributed by atoms with Crippen LogP contribution in [0.2, 0.25) is 5.02 Å². The number of fused-ring (bicyclic) bond motifs is 2. The van der Waals surface area contributed by atoms with Crippen LogP contribution in [0.3, 0.4) is 0 Å². The number of nitrogens with zero attached hydrogens (tertiary/aromatic N) is 2. The lowest BCUT2D eigenvalue weighted by Crippen LogP contribution is -2.43. The smallest absolute Gasteiger partial charge is 0.291 e. The zero-order valence-electron chi connectivity index (χ0n) is 18.0. The van der Waals surface area contributed by atoms with Crippen molar-refractivity contribution in [3.63, 3.8) is 0 Å². The van der Waals surface area contributed by atoms with E-state index in [-0.39, 0.29) is 23.1 Å². The molecule has 0 spiro atoms. The maximum atomic E-state index is 13.3. The minimum atomic E-state index is -0.592. The van der Waals surface area contributed by atoms with Crippen LogP contribution in [0.4, 0.5) is 0 Å². The highest BCUT2D eigenvalue weighted by Crippen LogP contribution is 2.27. The molecule has 0 unspecified atom stereocenters. The van der Waals surface area contributed by atoms with Crippen molar-refractivity contribution in [3.8, 4) is 0 Å². The van der Waals surface area contributed by atoms with Gasteiger partial charge in [-0.05, 0) is 54.7 Å². The fourth-order valence-electron chi connectivity index (χ4n) is 4.69. The summed E-state index contributed by atoms with van der Waals surface area (Å²) in [7, 11) is 0. The molecule has 1 saturated heterocycles. The number of carbonyl (C=O) groups is 1. The molecule has 2 aliphatic heterocycles. The normalized spacial score (nSPS) is 16.6. The lowest BCUT2D eigenvalue weighted by molar-refractivity contribution is 0.0735. The number of hydrogen-bond acceptors (Lipinski definition) is 5. The lowest BCUT2D eigenvalue weighted by atomic mass is 9.98. The molecule has 1 fully saturated rings. The molecule has 8 nitrogen and oxygen atoms in total. The van der Waals surface area contributed by atoms with Crippen LogP contribution >= 0.6 is 11.6 Å². The summed E-state index contributed by atoms with van der Waals surface area (Å²) in [4.78, 5) is 30.2. The van der Waals surface area contributed by atoms with Crippen molar-refractivity contribution in [2.75, 3.05) is 19.8 Å². The molecule has 3 heterocycles. The summed E-state index contributed by atoms with van der Waals surface area (Å²) < 4.78 is 6.77. The van der Waals surface area contributed by atoms with Gasteiger partial charge in [0.1, 0.15) is 5.84 Å². The topological polar surface area (TPSA) is 115 Å². The van der Waals surface area contributed by atoms with Crippen molar-refractivity contribution in [2.45, 2.75) is 25.8 Å². The Morgan fingerprint density at radius 2 is 1.97 bits per heavy atom. The molecule has 2 aliphatic rings. The van der Waals surface area contributed by atoms with Crippen molar-refractivity contribution in [1.82, 2.24) is 14.5 Å². The average molecular weight is 466 g/mol. The van der Waals surface area contributed by atoms with E-state index in [0.29, 0.717) is 62.2 Å². The number of halogens is 1. The van der Waals surface area contributed by atoms with Gasteiger partial charge in [-0.2, -0.15) is 0 Å². The minimum absolute atomic E-state index is 0.0839. The highest BCUT2D eigenvalue weighted by Gasteiger charge is 2.25. The molecule has 1 amide bonds. The van der Waals surface area contributed by atoms with E-state index < -0.39 is 5.56 Å². The van der Waals surface area contributed by atoms with Crippen LogP contribution in [0.5, 0.6) is 0 Å². The number of aromatic amines is 1. The monoisotopic (exact) mass is 465 g/mol. The number of amides is 1. The molecule has 0 aliphatic carbocycles. The SMILES string of the molecule is N=C(C1CCOCC1)n1c(=N)c(=O)[nH]c2cc(C(=O)N3CCc4c(Cl)cccc4C3)ccc21. The fourth-order valence-corrected chi connectivity index (χ4v) is 4.98. The van der Waals surface area contributed by atoms with Gasteiger partial charge >= 0.3 is 0 Å². The molecule has 9 heteroatoms. The highest BCUT2D eigenvalue weighted by molar-refractivity contribution is 6.31. The van der Waals surface area contributed by atoms with Gasteiger partial charge in [0.2, 0.25) is 0 Å². The summed E-state index contributed by atoms with van der Waals surface area (Å²) in [6.07, 6.45) is 2.04. The zero-order valence-corrected chi connectivity index (χ0v) is 18.7. The summed E-state index contributed by atoms with van der Waals surface area (Å²) in [5.41, 5.74) is 2.65. The largest absolute Gasteiger partial charge is 0.381 e. The maximum Gasteiger partial charge on any atom is 0.291 e. The summed E-state index contributed by atoms with van der Waals surface area (Å²) in [6.45, 7) is 2.16. The Hall–Kier alpha value is -3.23. The van der Waals surface area contributed by atoms with E-state index in [2.05, 4.69) is 4.98 Å². The second kappa shape index (κ2) is 8.61. The van der Waals surface area contributed by atoms with Crippen molar-refractivity contribution >= 4 is 34.4 Å². The molecular weight excluding hydrogens is 442 g/mol. The Kier molecular flexibility index (Phi) is 5.64. The van der Waals surface area contributed by atoms with Gasteiger partial charge in [0, 0.05) is 42.8 Å². The van der Waals surface area contributed by atoms with Gasteiger partial charge in [-0.1, -0.05) is 23.7 Å². The Bertz CT molecular complexity index is 1390. The molecular formula is C24H24ClN5O3. The molecule has 170 valence electrons. The fraction of sp³-hybridized carbons (Fsp3) is 0.333. The van der Waals surface area contributed by atoms with Crippen molar-refractivity contribution in [2.24, 2.45) is 5.92 Å². The second-order valence-electron chi connectivity index (χ2n) is 8.50. The standard InChI is InChI=1S/C24H24ClN5O3/c25-18-3-1-2-16-13-29(9-6-17(16)18)24(32)15-4-5-20-19(12-15)28-23(31)22(27)30(20)21(26)14-7-10-33-11-8-14/h1-5,12,14,26-27H,6-11,13H2,(H,28,31). The van der Waals surface area contributed by atoms with Gasteiger partial charge < -0.3 is 14.6 Å². The predicted octanol–water partition coefficient (Wildman–Crippen LogP) is 2.91. The molecule has 2 aromatic carbocycles. The molecule has 1 aromatic heterocycles. The van der Waals surface area contributed by atoms with E-state index in [1.54, 1.807) is 23.1 Å². The number of H-pyrrole nitrogens is 1. The van der Waals surface area contributed by atoms with E-state index in [1.807, 2.05) is 18.2 Å². The molecule has 3 N–H and O–H groups in total. The zero-order chi connectivity index (χ0) is 23.1. The van der Waals surface area contributed by atoms with Gasteiger partial charge in [0.25, 0.3) is 11.5 Å². The summed E-state index contributed by atoms with van der Waals surface area (Å²) in [6, 6.07) is 10.8. The highest BCUT2D eigenvalue weighted by atomic mass is 35.5. The Labute approximate surface area is 194 Å². The van der Waals surface area contributed by atoms with E-state index in [4.69, 9.17) is 27.2 Å². The molecule has 0 atom stereocenters. The van der Waals surface area contributed by atoms with Crippen LogP contribution in [0.1, 0.15) is 34.3 Å². The first kappa shape index (κ1) is 21.6. The van der Waals surface area contributed by atoms with Crippen LogP contribution in [-0.2, 0) is 17.7 Å². The number of ether oxygens (including phenoxy) is 1. The van der Waals surface area contributed by atoms with Crippen LogP contribution in [-0.4, -0.2) is 46.0 Å². The first-order valence-electron chi connectivity index (χ1n) is 11.0. The van der Waals surface area contributed by atoms with E-state index in [1.165, 1.54) is 4.57 Å². The van der Waals surface area contributed by atoms with Crippen LogP contribution in [0.15, 0.2) is 41.2 Å². The average Bonchev–Trinajstić information content (AvgIpc) is 2.84. The maximum absolute atomic E-state index is 13.3. The third-order valence-electron chi connectivity index (χ3n) is 6.52. The third kappa shape index (κ3) is 3.89. The molecule has 0 bridgehead atoms. The van der Waals surface area contributed by atoms with E-state index in [0.717, 1.165) is 16.1 Å². The number of carbonyl (C=O) groups excluding carboxylic acids is 1. The number of aromatic nitrogens is 2. The van der Waals surface area contributed by atoms with Crippen molar-refractivity contribution in [1.29, 1.82) is 10.8 Å². The van der Waals surface area contributed by atoms with Crippen LogP contribution in [0.25, 0.3) is 11.0 Å². The van der Waals surface area contributed by atoms with Crippen LogP contribution < -0.4 is 11.0 Å². The number of hydrogen-bond donors (Lipinski definition) is 3. The molecule has 3 aromatic rings. The van der Waals surface area contributed by atoms with Gasteiger partial charge in [-0.25, -0.2) is 0 Å². The van der Waals surface area contributed by atoms with Crippen molar-refractivity contribution in [3.05, 3.63) is 74.0 Å². The van der Waals surface area contributed by atoms with Gasteiger partial charge in [0.05, 0.1) is 11.0 Å². The molecule has 0 radical (unpaired) electrons. The summed E-state index contributed by atoms with van der Waals surface area (Å²) in [5.74, 6) is -0.00762. The van der Waals surface area contributed by atoms with E-state index >= 15 is 0 Å². The number of nitrogens with one attached hydrogen (secondary N) is 3. The summed E-state index contributed by atoms with van der Waals surface area (Å²) in [5, 5.41) is 17.7. The van der Waals surface area contributed by atoms with Gasteiger partial charge in [0.15, 0.2) is 5.49 Å². The van der Waals surface area contributed by atoms with Crippen LogP contribution in [0, 0.1) is 16.7 Å². The second-order valence-corrected chi connectivity index (χ2v) is 8.90. The van der Waals surface area contributed by atoms with E-state index in [9.17, 15) is 9.59 Å². The minimum Gasteiger partial charge on any atom is -0.381 e. The van der Waals surface area contributed by atoms with Crippen molar-refractivity contribution < 1.29 is 9.53 Å². The molecule has 33 heavy (non-hydrogen) atoms. The Balaban J connectivity index is 1.49. The van der Waals surface area contributed by atoms with Gasteiger partial charge in [-0.3, -0.25) is 25.0 Å². The summed E-state index contributed by atoms with van der Waals surface area (Å²) >= 11 is 6.30. The molecule has 0 saturated carbocycles. The first-order valence-corrected chi connectivity index (χ1v) is 11.4. The number of rotatable bonds is 2. The lowest BCUT2D eigenvalue weighted by Gasteiger charge is -2.29. The Morgan fingerprint density at radius 1 is 1.18 bits per heavy atom. The predicted molar refractivity (Wildman–Crippen MR) is 125 cm³/mol. The first-order chi connectivity index (χ1) is 15.9. The van der Waals surface area contributed by atoms with Gasteiger partial charge in [-0.15, -0.1) is 0 Å². The quantitative estimate of drug-likeness (QED) is 0.399. The third-order valence-corrected chi connectivity index (χ3v) is 6.87. The molecule has 5 rings (SSSR count). The number of benzene rings is 2.